The van der Waals surface area contributed by atoms with Crippen molar-refractivity contribution in [3.05, 3.63) is 29.6 Å². The molecule has 0 saturated carbocycles. The number of nitrogens with zero attached hydrogens (tertiary/aromatic N) is 1. The molecule has 1 fully saturated rings. The van der Waals surface area contributed by atoms with Crippen LogP contribution in [0.3, 0.4) is 0 Å². The van der Waals surface area contributed by atoms with Crippen molar-refractivity contribution < 1.29 is 9.13 Å². The Morgan fingerprint density at radius 3 is 2.85 bits per heavy atom. The van der Waals surface area contributed by atoms with Crippen LogP contribution in [0.4, 0.5) is 4.39 Å². The SMILES string of the molecule is CCCN1CCCC(CN)C1c1ccc(OC)c(F)c1. The minimum atomic E-state index is -0.289. The Kier molecular flexibility index (Phi) is 5.38. The number of halogens is 1. The van der Waals surface area contributed by atoms with Crippen LogP contribution in [0.5, 0.6) is 5.75 Å². The molecular formula is C16H25FN2O. The average molecular weight is 280 g/mol. The number of nitrogens with two attached hydrogens (primary N) is 1. The minimum absolute atomic E-state index is 0.231. The topological polar surface area (TPSA) is 38.5 Å². The summed E-state index contributed by atoms with van der Waals surface area (Å²) in [6.45, 7) is 4.94. The number of piperidine rings is 1. The second-order valence-corrected chi connectivity index (χ2v) is 5.51. The zero-order chi connectivity index (χ0) is 14.5. The fourth-order valence-electron chi connectivity index (χ4n) is 3.29. The van der Waals surface area contributed by atoms with Crippen molar-refractivity contribution in [2.75, 3.05) is 26.7 Å². The molecule has 0 aliphatic carbocycles. The highest BCUT2D eigenvalue weighted by Gasteiger charge is 2.31. The van der Waals surface area contributed by atoms with Gasteiger partial charge in [-0.1, -0.05) is 13.0 Å². The second-order valence-electron chi connectivity index (χ2n) is 5.51. The van der Waals surface area contributed by atoms with Crippen LogP contribution in [0.15, 0.2) is 18.2 Å². The van der Waals surface area contributed by atoms with Gasteiger partial charge < -0.3 is 10.5 Å². The van der Waals surface area contributed by atoms with E-state index in [0.717, 1.165) is 31.5 Å². The summed E-state index contributed by atoms with van der Waals surface area (Å²) < 4.78 is 19.0. The molecule has 0 amide bonds. The summed E-state index contributed by atoms with van der Waals surface area (Å²) in [5.74, 6) is 0.418. The van der Waals surface area contributed by atoms with Gasteiger partial charge in [0.1, 0.15) is 0 Å². The summed E-state index contributed by atoms with van der Waals surface area (Å²) in [5, 5.41) is 0. The van der Waals surface area contributed by atoms with Gasteiger partial charge in [0.15, 0.2) is 11.6 Å². The maximum absolute atomic E-state index is 14.0. The quantitative estimate of drug-likeness (QED) is 0.901. The normalized spacial score (nSPS) is 23.8. The Bertz CT molecular complexity index is 436. The zero-order valence-electron chi connectivity index (χ0n) is 12.4. The first-order valence-electron chi connectivity index (χ1n) is 7.48. The third kappa shape index (κ3) is 3.13. The van der Waals surface area contributed by atoms with E-state index < -0.39 is 0 Å². The van der Waals surface area contributed by atoms with Crippen molar-refractivity contribution in [2.24, 2.45) is 11.7 Å². The molecule has 2 atom stereocenters. The van der Waals surface area contributed by atoms with Crippen molar-refractivity contribution in [3.63, 3.8) is 0 Å². The van der Waals surface area contributed by atoms with Gasteiger partial charge >= 0.3 is 0 Å². The van der Waals surface area contributed by atoms with E-state index in [4.69, 9.17) is 10.5 Å². The molecule has 1 aliphatic heterocycles. The molecule has 0 radical (unpaired) electrons. The van der Waals surface area contributed by atoms with Gasteiger partial charge in [0.2, 0.25) is 0 Å². The predicted octanol–water partition coefficient (Wildman–Crippen LogP) is 2.96. The molecule has 1 aliphatic rings. The lowest BCUT2D eigenvalue weighted by molar-refractivity contribution is 0.0957. The first kappa shape index (κ1) is 15.3. The maximum Gasteiger partial charge on any atom is 0.165 e. The maximum atomic E-state index is 14.0. The number of rotatable bonds is 5. The zero-order valence-corrected chi connectivity index (χ0v) is 12.4. The van der Waals surface area contributed by atoms with Crippen LogP contribution in [0, 0.1) is 11.7 Å². The summed E-state index contributed by atoms with van der Waals surface area (Å²) >= 11 is 0. The molecule has 1 aromatic carbocycles. The smallest absolute Gasteiger partial charge is 0.165 e. The summed E-state index contributed by atoms with van der Waals surface area (Å²) in [6.07, 6.45) is 3.40. The second kappa shape index (κ2) is 7.04. The van der Waals surface area contributed by atoms with E-state index in [2.05, 4.69) is 11.8 Å². The van der Waals surface area contributed by atoms with Gasteiger partial charge in [-0.3, -0.25) is 4.90 Å². The van der Waals surface area contributed by atoms with E-state index >= 15 is 0 Å². The fraction of sp³-hybridized carbons (Fsp3) is 0.625. The van der Waals surface area contributed by atoms with Crippen LogP contribution in [0.2, 0.25) is 0 Å². The van der Waals surface area contributed by atoms with Gasteiger partial charge in [-0.25, -0.2) is 4.39 Å². The van der Waals surface area contributed by atoms with Crippen molar-refractivity contribution >= 4 is 0 Å². The van der Waals surface area contributed by atoms with E-state index in [1.807, 2.05) is 6.07 Å². The molecule has 1 aromatic rings. The number of hydrogen-bond donors (Lipinski definition) is 1. The lowest BCUT2D eigenvalue weighted by Gasteiger charge is -2.41. The first-order chi connectivity index (χ1) is 9.71. The van der Waals surface area contributed by atoms with Gasteiger partial charge in [0.25, 0.3) is 0 Å². The largest absolute Gasteiger partial charge is 0.494 e. The van der Waals surface area contributed by atoms with Crippen LogP contribution in [-0.4, -0.2) is 31.6 Å². The molecular weight excluding hydrogens is 255 g/mol. The van der Waals surface area contributed by atoms with Gasteiger partial charge in [-0.15, -0.1) is 0 Å². The van der Waals surface area contributed by atoms with Crippen molar-refractivity contribution in [1.82, 2.24) is 4.90 Å². The Morgan fingerprint density at radius 2 is 2.25 bits per heavy atom. The molecule has 2 rings (SSSR count). The molecule has 0 spiro atoms. The molecule has 1 heterocycles. The standard InChI is InChI=1S/C16H25FN2O/c1-3-8-19-9-4-5-13(11-18)16(19)12-6-7-15(20-2)14(17)10-12/h6-7,10,13,16H,3-5,8-9,11,18H2,1-2H3. The van der Waals surface area contributed by atoms with Crippen LogP contribution in [0.25, 0.3) is 0 Å². The Balaban J connectivity index is 2.30. The van der Waals surface area contributed by atoms with Crippen molar-refractivity contribution in [1.29, 1.82) is 0 Å². The molecule has 1 saturated heterocycles. The lowest BCUT2D eigenvalue weighted by Crippen LogP contribution is -2.42. The van der Waals surface area contributed by atoms with Crippen LogP contribution in [0.1, 0.15) is 37.8 Å². The molecule has 20 heavy (non-hydrogen) atoms. The van der Waals surface area contributed by atoms with E-state index in [1.165, 1.54) is 13.5 Å². The molecule has 3 nitrogen and oxygen atoms in total. The van der Waals surface area contributed by atoms with Gasteiger partial charge in [0, 0.05) is 6.04 Å². The highest BCUT2D eigenvalue weighted by atomic mass is 19.1. The number of likely N-dealkylation sites (tertiary alicyclic amines) is 1. The van der Waals surface area contributed by atoms with Crippen LogP contribution < -0.4 is 10.5 Å². The molecule has 0 aromatic heterocycles. The predicted molar refractivity (Wildman–Crippen MR) is 79.3 cm³/mol. The molecule has 2 unspecified atom stereocenters. The monoisotopic (exact) mass is 280 g/mol. The summed E-state index contributed by atoms with van der Waals surface area (Å²) in [5.41, 5.74) is 6.96. The fourth-order valence-corrected chi connectivity index (χ4v) is 3.29. The van der Waals surface area contributed by atoms with E-state index in [0.29, 0.717) is 18.2 Å². The van der Waals surface area contributed by atoms with E-state index in [9.17, 15) is 4.39 Å². The number of ether oxygens (including phenoxy) is 1. The summed E-state index contributed by atoms with van der Waals surface area (Å²) in [7, 11) is 1.49. The van der Waals surface area contributed by atoms with Crippen LogP contribution >= 0.6 is 0 Å². The average Bonchev–Trinajstić information content (AvgIpc) is 2.47. The third-order valence-corrected chi connectivity index (χ3v) is 4.19. The lowest BCUT2D eigenvalue weighted by atomic mass is 9.84. The van der Waals surface area contributed by atoms with Crippen LogP contribution in [-0.2, 0) is 0 Å². The van der Waals surface area contributed by atoms with E-state index in [-0.39, 0.29) is 11.9 Å². The van der Waals surface area contributed by atoms with Crippen molar-refractivity contribution in [2.45, 2.75) is 32.2 Å². The first-order valence-corrected chi connectivity index (χ1v) is 7.48. The molecule has 0 bridgehead atoms. The third-order valence-electron chi connectivity index (χ3n) is 4.19. The minimum Gasteiger partial charge on any atom is -0.494 e. The molecule has 4 heteroatoms. The van der Waals surface area contributed by atoms with Crippen molar-refractivity contribution in [3.8, 4) is 5.75 Å². The number of methoxy groups -OCH3 is 1. The Hall–Kier alpha value is -1.13. The molecule has 112 valence electrons. The number of hydrogen-bond acceptors (Lipinski definition) is 3. The number of benzene rings is 1. The van der Waals surface area contributed by atoms with E-state index in [1.54, 1.807) is 12.1 Å². The summed E-state index contributed by atoms with van der Waals surface area (Å²) in [4.78, 5) is 2.45. The molecule has 2 N–H and O–H groups in total. The highest BCUT2D eigenvalue weighted by Crippen LogP contribution is 2.36. The Morgan fingerprint density at radius 1 is 1.45 bits per heavy atom. The highest BCUT2D eigenvalue weighted by molar-refractivity contribution is 5.31. The van der Waals surface area contributed by atoms with Gasteiger partial charge in [-0.2, -0.15) is 0 Å². The van der Waals surface area contributed by atoms with Gasteiger partial charge in [-0.05, 0) is 62.5 Å². The van der Waals surface area contributed by atoms with Gasteiger partial charge in [0.05, 0.1) is 7.11 Å². The Labute approximate surface area is 120 Å². The summed E-state index contributed by atoms with van der Waals surface area (Å²) in [6, 6.07) is 5.54.